The van der Waals surface area contributed by atoms with E-state index in [4.69, 9.17) is 5.63 Å². The van der Waals surface area contributed by atoms with Gasteiger partial charge >= 0.3 is 156 Å². The number of allylic oxidation sites excluding steroid dienone is 4. The molecule has 0 heterocycles. The second-order valence-corrected chi connectivity index (χ2v) is 10.1. The molecule has 2 nitrogen and oxygen atoms in total. The van der Waals surface area contributed by atoms with Gasteiger partial charge in [0.25, 0.3) is 0 Å². The molecule has 0 bridgehead atoms. The van der Waals surface area contributed by atoms with Gasteiger partial charge in [0.15, 0.2) is 0 Å². The standard InChI is InChI=1S/C8H11.2C6H5FO.Zr/c1-7(2)8-5-3-4-6-8;2*7-5-1-3-6(8)4-2-5;/h5-7H,3H2,1-2H3;2*1-4,8H;/q;;;+2/p-2. The molecule has 1 aliphatic carbocycles. The fraction of sp³-hybridized carbons (Fsp3) is 0.200. The van der Waals surface area contributed by atoms with E-state index in [2.05, 4.69) is 26.0 Å². The Morgan fingerprint density at radius 2 is 1.32 bits per heavy atom. The van der Waals surface area contributed by atoms with Gasteiger partial charge < -0.3 is 0 Å². The van der Waals surface area contributed by atoms with Crippen molar-refractivity contribution in [2.75, 3.05) is 0 Å². The van der Waals surface area contributed by atoms with E-state index in [1.54, 1.807) is 24.3 Å². The van der Waals surface area contributed by atoms with Gasteiger partial charge in [0.2, 0.25) is 0 Å². The molecule has 0 saturated carbocycles. The van der Waals surface area contributed by atoms with Crippen LogP contribution < -0.4 is 5.63 Å². The second kappa shape index (κ2) is 8.09. The summed E-state index contributed by atoms with van der Waals surface area (Å²) in [6, 6.07) is 11.9. The molecule has 25 heavy (non-hydrogen) atoms. The van der Waals surface area contributed by atoms with Crippen LogP contribution >= 0.6 is 0 Å². The van der Waals surface area contributed by atoms with Crippen molar-refractivity contribution in [1.82, 2.24) is 0 Å². The molecule has 1 aliphatic rings. The molecule has 0 radical (unpaired) electrons. The third-order valence-electron chi connectivity index (χ3n) is 3.88. The SMILES string of the molecule is CC(C)C1=CC[C]([Zr]([O]c2ccc(F)cc2)[O]c2ccc(F)cc2)=C1. The van der Waals surface area contributed by atoms with Crippen LogP contribution in [0.4, 0.5) is 8.78 Å². The molecule has 2 aromatic rings. The summed E-state index contributed by atoms with van der Waals surface area (Å²) >= 11 is -2.96. The number of hydrogen-bond donors (Lipinski definition) is 0. The first-order chi connectivity index (χ1) is 12.0. The Morgan fingerprint density at radius 3 is 1.72 bits per heavy atom. The summed E-state index contributed by atoms with van der Waals surface area (Å²) in [5.74, 6) is 1.02. The molecule has 0 fully saturated rings. The van der Waals surface area contributed by atoms with Crippen molar-refractivity contribution in [2.24, 2.45) is 5.92 Å². The average molecular weight is 421 g/mol. The quantitative estimate of drug-likeness (QED) is 0.593. The van der Waals surface area contributed by atoms with Crippen LogP contribution in [0.2, 0.25) is 0 Å². The fourth-order valence-electron chi connectivity index (χ4n) is 2.46. The van der Waals surface area contributed by atoms with E-state index in [1.165, 1.54) is 33.1 Å². The van der Waals surface area contributed by atoms with Gasteiger partial charge in [-0.3, -0.25) is 0 Å². The van der Waals surface area contributed by atoms with Crippen LogP contribution in [0.1, 0.15) is 20.3 Å². The van der Waals surface area contributed by atoms with E-state index in [-0.39, 0.29) is 11.6 Å². The second-order valence-electron chi connectivity index (χ2n) is 6.13. The normalized spacial score (nSPS) is 13.5. The molecule has 0 atom stereocenters. The molecule has 0 saturated heterocycles. The van der Waals surface area contributed by atoms with Crippen molar-refractivity contribution < 1.29 is 37.0 Å². The fourth-order valence-corrected chi connectivity index (χ4v) is 6.29. The molecule has 0 spiro atoms. The summed E-state index contributed by atoms with van der Waals surface area (Å²) < 4.78 is 39.7. The molecular formula is C20H19F2O2Zr. The maximum absolute atomic E-state index is 13.1. The van der Waals surface area contributed by atoms with Gasteiger partial charge in [0.05, 0.1) is 0 Å². The first-order valence-corrected chi connectivity index (χ1v) is 11.4. The van der Waals surface area contributed by atoms with Crippen molar-refractivity contribution in [1.29, 1.82) is 0 Å². The predicted molar refractivity (Wildman–Crippen MR) is 89.7 cm³/mol. The Bertz CT molecular complexity index is 733. The molecule has 0 aromatic heterocycles. The van der Waals surface area contributed by atoms with Gasteiger partial charge in [-0.05, 0) is 0 Å². The zero-order chi connectivity index (χ0) is 17.8. The molecule has 5 heteroatoms. The predicted octanol–water partition coefficient (Wildman–Crippen LogP) is 5.74. The number of hydrogen-bond acceptors (Lipinski definition) is 2. The van der Waals surface area contributed by atoms with Gasteiger partial charge in [-0.2, -0.15) is 0 Å². The van der Waals surface area contributed by atoms with Gasteiger partial charge in [0.1, 0.15) is 0 Å². The van der Waals surface area contributed by atoms with Gasteiger partial charge in [-0.1, -0.05) is 0 Å². The average Bonchev–Trinajstić information content (AvgIpc) is 3.08. The Balaban J connectivity index is 1.82. The molecule has 0 amide bonds. The van der Waals surface area contributed by atoms with Crippen LogP contribution in [-0.4, -0.2) is 0 Å². The van der Waals surface area contributed by atoms with Crippen LogP contribution in [0.25, 0.3) is 0 Å². The van der Waals surface area contributed by atoms with Crippen molar-refractivity contribution in [3.8, 4) is 11.5 Å². The number of benzene rings is 2. The zero-order valence-electron chi connectivity index (χ0n) is 14.1. The van der Waals surface area contributed by atoms with Crippen LogP contribution in [0.5, 0.6) is 11.5 Å². The molecule has 2 aromatic carbocycles. The molecular weight excluding hydrogens is 401 g/mol. The number of halogens is 2. The molecule has 129 valence electrons. The summed E-state index contributed by atoms with van der Waals surface area (Å²) in [6.45, 7) is 4.30. The molecule has 0 aliphatic heterocycles. The van der Waals surface area contributed by atoms with Crippen molar-refractivity contribution in [2.45, 2.75) is 20.3 Å². The van der Waals surface area contributed by atoms with E-state index < -0.39 is 22.6 Å². The van der Waals surface area contributed by atoms with E-state index in [0.717, 1.165) is 6.42 Å². The summed E-state index contributed by atoms with van der Waals surface area (Å²) in [5, 5.41) is 0. The van der Waals surface area contributed by atoms with Crippen LogP contribution in [0.15, 0.2) is 69.5 Å². The van der Waals surface area contributed by atoms with Gasteiger partial charge in [0, 0.05) is 0 Å². The first kappa shape index (κ1) is 18.1. The Kier molecular flexibility index (Phi) is 5.85. The van der Waals surface area contributed by atoms with E-state index in [1.807, 2.05) is 0 Å². The molecule has 0 unspecified atom stereocenters. The summed E-state index contributed by atoms with van der Waals surface area (Å²) in [4.78, 5) is 0. The van der Waals surface area contributed by atoms with Crippen LogP contribution in [0.3, 0.4) is 0 Å². The molecule has 3 rings (SSSR count). The van der Waals surface area contributed by atoms with Crippen LogP contribution in [-0.2, 0) is 22.6 Å². The Labute approximate surface area is 155 Å². The van der Waals surface area contributed by atoms with Crippen molar-refractivity contribution in [3.63, 3.8) is 0 Å². The maximum atomic E-state index is 13.1. The topological polar surface area (TPSA) is 18.5 Å². The number of rotatable bonds is 6. The Hall–Kier alpha value is -1.74. The summed E-state index contributed by atoms with van der Waals surface area (Å²) in [6.07, 6.45) is 5.17. The van der Waals surface area contributed by atoms with E-state index in [9.17, 15) is 8.78 Å². The van der Waals surface area contributed by atoms with E-state index >= 15 is 0 Å². The van der Waals surface area contributed by atoms with Gasteiger partial charge in [-0.15, -0.1) is 0 Å². The van der Waals surface area contributed by atoms with Crippen molar-refractivity contribution in [3.05, 3.63) is 81.2 Å². The minimum atomic E-state index is -2.96. The van der Waals surface area contributed by atoms with Crippen LogP contribution in [0, 0.1) is 17.6 Å². The van der Waals surface area contributed by atoms with Gasteiger partial charge in [-0.25, -0.2) is 0 Å². The molecule has 0 N–H and O–H groups in total. The monoisotopic (exact) mass is 419 g/mol. The third kappa shape index (κ3) is 4.88. The summed E-state index contributed by atoms with van der Waals surface area (Å²) in [5.41, 5.74) is 1.28. The zero-order valence-corrected chi connectivity index (χ0v) is 16.6. The Morgan fingerprint density at radius 1 is 0.840 bits per heavy atom. The van der Waals surface area contributed by atoms with Crippen molar-refractivity contribution >= 4 is 0 Å². The summed E-state index contributed by atoms with van der Waals surface area (Å²) in [7, 11) is 0. The third-order valence-corrected chi connectivity index (χ3v) is 8.09. The van der Waals surface area contributed by atoms with E-state index in [0.29, 0.717) is 17.4 Å². The minimum absolute atomic E-state index is 0.305. The first-order valence-electron chi connectivity index (χ1n) is 8.16.